The maximum Gasteiger partial charge on any atom is 0.320 e. The number of carbonyl (C=O) groups is 2. The number of hydrogen-bond donors (Lipinski definition) is 3. The molecule has 1 amide bonds. The normalized spacial score (nSPS) is 23.1. The lowest BCUT2D eigenvalue weighted by atomic mass is 9.83. The van der Waals surface area contributed by atoms with Crippen LogP contribution in [0.5, 0.6) is 0 Å². The molecule has 156 valence electrons. The molecule has 0 bridgehead atoms. The third-order valence-electron chi connectivity index (χ3n) is 5.87. The summed E-state index contributed by atoms with van der Waals surface area (Å²) < 4.78 is 0. The highest BCUT2D eigenvalue weighted by atomic mass is 16.4. The molecule has 6 heteroatoms. The zero-order chi connectivity index (χ0) is 20.7. The Kier molecular flexibility index (Phi) is 8.45. The van der Waals surface area contributed by atoms with Crippen LogP contribution in [0, 0.1) is 11.8 Å². The van der Waals surface area contributed by atoms with Crippen molar-refractivity contribution in [3.8, 4) is 0 Å². The molecule has 1 aromatic rings. The van der Waals surface area contributed by atoms with Crippen LogP contribution in [0.3, 0.4) is 0 Å². The van der Waals surface area contributed by atoms with Gasteiger partial charge in [-0.2, -0.15) is 0 Å². The third-order valence-corrected chi connectivity index (χ3v) is 5.87. The summed E-state index contributed by atoms with van der Waals surface area (Å²) in [6, 6.07) is 9.40. The van der Waals surface area contributed by atoms with Gasteiger partial charge in [-0.15, -0.1) is 0 Å². The quantitative estimate of drug-likeness (QED) is 0.570. The number of aliphatic hydroxyl groups excluding tert-OH is 1. The van der Waals surface area contributed by atoms with Gasteiger partial charge < -0.3 is 15.5 Å². The summed E-state index contributed by atoms with van der Waals surface area (Å²) in [6.45, 7) is 6.21. The van der Waals surface area contributed by atoms with E-state index in [1.54, 1.807) is 0 Å². The molecular weight excluding hydrogens is 356 g/mol. The Hall–Kier alpha value is -1.92. The van der Waals surface area contributed by atoms with Crippen molar-refractivity contribution >= 4 is 11.9 Å². The second kappa shape index (κ2) is 10.6. The Morgan fingerprint density at radius 1 is 1.29 bits per heavy atom. The molecule has 0 saturated carbocycles. The minimum atomic E-state index is -0.837. The molecule has 28 heavy (non-hydrogen) atoms. The van der Waals surface area contributed by atoms with Crippen LogP contribution in [0.4, 0.5) is 0 Å². The maximum absolute atomic E-state index is 12.0. The molecule has 5 atom stereocenters. The van der Waals surface area contributed by atoms with Crippen LogP contribution in [0.25, 0.3) is 0 Å². The summed E-state index contributed by atoms with van der Waals surface area (Å²) >= 11 is 0. The number of aliphatic carboxylic acids is 1. The summed E-state index contributed by atoms with van der Waals surface area (Å²) in [6.07, 6.45) is 3.03. The lowest BCUT2D eigenvalue weighted by Gasteiger charge is -2.40. The Labute approximate surface area is 167 Å². The number of nitrogens with one attached hydrogen (secondary N) is 1. The van der Waals surface area contributed by atoms with Crippen molar-refractivity contribution in [1.29, 1.82) is 0 Å². The fourth-order valence-electron chi connectivity index (χ4n) is 4.60. The van der Waals surface area contributed by atoms with Gasteiger partial charge in [-0.1, -0.05) is 43.7 Å². The van der Waals surface area contributed by atoms with E-state index in [0.29, 0.717) is 13.0 Å². The third kappa shape index (κ3) is 5.79. The minimum Gasteiger partial charge on any atom is -0.480 e. The van der Waals surface area contributed by atoms with E-state index in [1.807, 2.05) is 25.1 Å². The highest BCUT2D eigenvalue weighted by molar-refractivity contribution is 5.74. The minimum absolute atomic E-state index is 0.00195. The van der Waals surface area contributed by atoms with Crippen molar-refractivity contribution in [1.82, 2.24) is 10.2 Å². The number of rotatable bonds is 10. The van der Waals surface area contributed by atoms with Crippen molar-refractivity contribution < 1.29 is 19.8 Å². The van der Waals surface area contributed by atoms with E-state index in [4.69, 9.17) is 0 Å². The lowest BCUT2D eigenvalue weighted by Crippen LogP contribution is -2.53. The standard InChI is InChI=1S/C22H34N2O4/c1-4-8-19(15(2)23-16(3)26)20(11-17-9-6-5-7-10-17)24-13-18(14-25)12-21(24)22(27)28/h5-7,9-10,15,18-21,25H,4,8,11-14H2,1-3H3,(H,23,26)(H,27,28)/t15?,18?,19-,20-,21?/m0/s1. The van der Waals surface area contributed by atoms with Crippen molar-refractivity contribution in [2.24, 2.45) is 11.8 Å². The predicted molar refractivity (Wildman–Crippen MR) is 109 cm³/mol. The Morgan fingerprint density at radius 2 is 1.96 bits per heavy atom. The van der Waals surface area contributed by atoms with Gasteiger partial charge in [-0.05, 0) is 43.6 Å². The van der Waals surface area contributed by atoms with Gasteiger partial charge in [0.15, 0.2) is 0 Å². The van der Waals surface area contributed by atoms with E-state index in [2.05, 4.69) is 29.3 Å². The Morgan fingerprint density at radius 3 is 2.50 bits per heavy atom. The van der Waals surface area contributed by atoms with E-state index >= 15 is 0 Å². The first kappa shape index (κ1) is 22.4. The Balaban J connectivity index is 2.38. The van der Waals surface area contributed by atoms with Gasteiger partial charge in [-0.3, -0.25) is 14.5 Å². The monoisotopic (exact) mass is 390 g/mol. The molecule has 3 N–H and O–H groups in total. The van der Waals surface area contributed by atoms with Gasteiger partial charge in [-0.25, -0.2) is 0 Å². The van der Waals surface area contributed by atoms with E-state index in [9.17, 15) is 19.8 Å². The number of amides is 1. The van der Waals surface area contributed by atoms with Crippen molar-refractivity contribution in [2.75, 3.05) is 13.2 Å². The molecule has 1 saturated heterocycles. The molecule has 0 aromatic heterocycles. The molecule has 1 aliphatic heterocycles. The summed E-state index contributed by atoms with van der Waals surface area (Å²) in [7, 11) is 0. The molecule has 1 fully saturated rings. The first-order chi connectivity index (χ1) is 13.4. The summed E-state index contributed by atoms with van der Waals surface area (Å²) in [4.78, 5) is 25.7. The van der Waals surface area contributed by atoms with E-state index < -0.39 is 12.0 Å². The summed E-state index contributed by atoms with van der Waals surface area (Å²) in [5.74, 6) is -0.820. The van der Waals surface area contributed by atoms with Crippen LogP contribution < -0.4 is 5.32 Å². The van der Waals surface area contributed by atoms with Crippen LogP contribution in [-0.2, 0) is 16.0 Å². The van der Waals surface area contributed by atoms with Gasteiger partial charge in [0.1, 0.15) is 6.04 Å². The number of aliphatic hydroxyl groups is 1. The van der Waals surface area contributed by atoms with Gasteiger partial charge in [0.2, 0.25) is 5.91 Å². The number of likely N-dealkylation sites (tertiary alicyclic amines) is 1. The predicted octanol–water partition coefficient (Wildman–Crippen LogP) is 2.31. The molecule has 1 heterocycles. The number of carboxylic acids is 1. The molecular formula is C22H34N2O4. The fraction of sp³-hybridized carbons (Fsp3) is 0.636. The average molecular weight is 391 g/mol. The zero-order valence-corrected chi connectivity index (χ0v) is 17.2. The first-order valence-electron chi connectivity index (χ1n) is 10.3. The number of carboxylic acid groups (broad SMARTS) is 1. The van der Waals surface area contributed by atoms with Gasteiger partial charge in [0, 0.05) is 32.2 Å². The smallest absolute Gasteiger partial charge is 0.320 e. The van der Waals surface area contributed by atoms with E-state index in [-0.39, 0.29) is 36.4 Å². The number of carbonyl (C=O) groups excluding carboxylic acids is 1. The van der Waals surface area contributed by atoms with Crippen LogP contribution >= 0.6 is 0 Å². The Bertz CT molecular complexity index is 637. The molecule has 3 unspecified atom stereocenters. The van der Waals surface area contributed by atoms with E-state index in [1.165, 1.54) is 6.92 Å². The largest absolute Gasteiger partial charge is 0.480 e. The number of nitrogens with zero attached hydrogens (tertiary/aromatic N) is 1. The van der Waals surface area contributed by atoms with Crippen molar-refractivity contribution in [3.63, 3.8) is 0 Å². The molecule has 1 aliphatic rings. The van der Waals surface area contributed by atoms with Crippen molar-refractivity contribution in [3.05, 3.63) is 35.9 Å². The highest BCUT2D eigenvalue weighted by Gasteiger charge is 2.43. The van der Waals surface area contributed by atoms with Crippen molar-refractivity contribution in [2.45, 2.75) is 64.6 Å². The molecule has 2 rings (SSSR count). The van der Waals surface area contributed by atoms with Gasteiger partial charge in [0.25, 0.3) is 0 Å². The number of benzene rings is 1. The molecule has 6 nitrogen and oxygen atoms in total. The molecule has 0 aliphatic carbocycles. The topological polar surface area (TPSA) is 89.9 Å². The summed E-state index contributed by atoms with van der Waals surface area (Å²) in [5, 5.41) is 22.5. The van der Waals surface area contributed by atoms with Crippen LogP contribution in [-0.4, -0.2) is 58.3 Å². The van der Waals surface area contributed by atoms with Crippen LogP contribution in [0.2, 0.25) is 0 Å². The fourth-order valence-corrected chi connectivity index (χ4v) is 4.60. The molecule has 0 radical (unpaired) electrons. The van der Waals surface area contributed by atoms with E-state index in [0.717, 1.165) is 24.8 Å². The molecule has 1 aromatic carbocycles. The highest BCUT2D eigenvalue weighted by Crippen LogP contribution is 2.33. The summed E-state index contributed by atoms with van der Waals surface area (Å²) in [5.41, 5.74) is 1.15. The second-order valence-corrected chi connectivity index (χ2v) is 8.03. The molecule has 0 spiro atoms. The average Bonchev–Trinajstić information content (AvgIpc) is 3.09. The SMILES string of the molecule is CCC[C@@H](C(C)NC(C)=O)[C@H](Cc1ccccc1)N1CC(CO)CC1C(=O)O. The lowest BCUT2D eigenvalue weighted by molar-refractivity contribution is -0.143. The van der Waals surface area contributed by atoms with Crippen LogP contribution in [0.15, 0.2) is 30.3 Å². The number of hydrogen-bond acceptors (Lipinski definition) is 4. The van der Waals surface area contributed by atoms with Gasteiger partial charge >= 0.3 is 5.97 Å². The first-order valence-corrected chi connectivity index (χ1v) is 10.3. The van der Waals surface area contributed by atoms with Crippen LogP contribution in [0.1, 0.15) is 45.6 Å². The maximum atomic E-state index is 12.0. The zero-order valence-electron chi connectivity index (χ0n) is 17.2. The second-order valence-electron chi connectivity index (χ2n) is 8.03. The van der Waals surface area contributed by atoms with Gasteiger partial charge in [0.05, 0.1) is 0 Å².